The summed E-state index contributed by atoms with van der Waals surface area (Å²) in [5, 5.41) is 12.4. The van der Waals surface area contributed by atoms with Crippen LogP contribution in [-0.2, 0) is 29.1 Å². The predicted octanol–water partition coefficient (Wildman–Crippen LogP) is 6.18. The molecule has 12 heteroatoms. The number of aromatic nitrogens is 2. The number of rotatable bonds is 10. The highest BCUT2D eigenvalue weighted by Gasteiger charge is 2.26. The Kier molecular flexibility index (Phi) is 8.95. The predicted molar refractivity (Wildman–Crippen MR) is 173 cm³/mol. The Morgan fingerprint density at radius 2 is 1.75 bits per heavy atom. The summed E-state index contributed by atoms with van der Waals surface area (Å²) in [6, 6.07) is 14.4. The van der Waals surface area contributed by atoms with Gasteiger partial charge >= 0.3 is 12.6 Å². The SMILES string of the molecule is Cc1c(-c2nc3c(o2)CN(CCO)CC3)cccc1-c1cccc(-c2nc3cc(COC(=O)[C@@H]4CCCN4)c(OC(F)F)cc3o2)c1C. The molecule has 0 spiro atoms. The summed E-state index contributed by atoms with van der Waals surface area (Å²) in [6.45, 7) is 3.59. The van der Waals surface area contributed by atoms with Crippen LogP contribution in [0.1, 0.15) is 41.0 Å². The molecule has 0 aliphatic carbocycles. The zero-order chi connectivity index (χ0) is 33.4. The van der Waals surface area contributed by atoms with Crippen molar-refractivity contribution < 1.29 is 37.0 Å². The topological polar surface area (TPSA) is 123 Å². The Labute approximate surface area is 275 Å². The van der Waals surface area contributed by atoms with E-state index in [2.05, 4.69) is 10.2 Å². The van der Waals surface area contributed by atoms with Crippen LogP contribution < -0.4 is 10.1 Å². The summed E-state index contributed by atoms with van der Waals surface area (Å²) in [4.78, 5) is 24.2. The zero-order valence-corrected chi connectivity index (χ0v) is 26.7. The van der Waals surface area contributed by atoms with Crippen molar-refractivity contribution in [1.82, 2.24) is 20.2 Å². The molecule has 3 aromatic carbocycles. The van der Waals surface area contributed by atoms with Gasteiger partial charge in [-0.3, -0.25) is 9.69 Å². The molecular weight excluding hydrogens is 622 g/mol. The van der Waals surface area contributed by atoms with E-state index in [-0.39, 0.29) is 30.1 Å². The lowest BCUT2D eigenvalue weighted by atomic mass is 9.91. The molecule has 48 heavy (non-hydrogen) atoms. The minimum atomic E-state index is -3.07. The molecule has 0 amide bonds. The average Bonchev–Trinajstić information content (AvgIpc) is 3.84. The summed E-state index contributed by atoms with van der Waals surface area (Å²) in [5.41, 5.74) is 7.41. The van der Waals surface area contributed by atoms with Crippen LogP contribution >= 0.6 is 0 Å². The molecular formula is C36H36F2N4O6. The van der Waals surface area contributed by atoms with Gasteiger partial charge in [0.2, 0.25) is 11.8 Å². The summed E-state index contributed by atoms with van der Waals surface area (Å²) >= 11 is 0. The van der Waals surface area contributed by atoms with Crippen molar-refractivity contribution in [3.8, 4) is 39.8 Å². The lowest BCUT2D eigenvalue weighted by Gasteiger charge is -2.23. The largest absolute Gasteiger partial charge is 0.460 e. The number of ether oxygens (including phenoxy) is 2. The molecule has 10 nitrogen and oxygen atoms in total. The van der Waals surface area contributed by atoms with E-state index >= 15 is 0 Å². The lowest BCUT2D eigenvalue weighted by Crippen LogP contribution is -2.32. The molecule has 1 saturated heterocycles. The lowest BCUT2D eigenvalue weighted by molar-refractivity contribution is -0.147. The third kappa shape index (κ3) is 6.30. The maximum atomic E-state index is 13.3. The van der Waals surface area contributed by atoms with Crippen molar-refractivity contribution in [1.29, 1.82) is 0 Å². The van der Waals surface area contributed by atoms with Crippen LogP contribution in [0.25, 0.3) is 45.1 Å². The van der Waals surface area contributed by atoms with E-state index in [1.807, 2.05) is 50.2 Å². The number of nitrogens with one attached hydrogen (secondary N) is 1. The van der Waals surface area contributed by atoms with Gasteiger partial charge in [-0.2, -0.15) is 8.78 Å². The molecule has 0 saturated carbocycles. The van der Waals surface area contributed by atoms with Crippen LogP contribution in [0.4, 0.5) is 8.78 Å². The van der Waals surface area contributed by atoms with Crippen LogP contribution in [0.5, 0.6) is 5.75 Å². The number of nitrogens with zero attached hydrogens (tertiary/aromatic N) is 3. The van der Waals surface area contributed by atoms with Gasteiger partial charge in [-0.05, 0) is 73.7 Å². The second kappa shape index (κ2) is 13.5. The molecule has 0 bridgehead atoms. The first-order chi connectivity index (χ1) is 23.3. The molecule has 0 radical (unpaired) electrons. The fraction of sp³-hybridized carbons (Fsp3) is 0.361. The first-order valence-corrected chi connectivity index (χ1v) is 16.1. The third-order valence-corrected chi connectivity index (χ3v) is 9.15. The number of esters is 1. The van der Waals surface area contributed by atoms with Gasteiger partial charge in [-0.15, -0.1) is 0 Å². The summed E-state index contributed by atoms with van der Waals surface area (Å²) < 4.78 is 49.3. The number of aliphatic hydroxyl groups excluding tert-OH is 1. The second-order valence-corrected chi connectivity index (χ2v) is 12.2. The number of β-amino-alcohol motifs (C(OH)–C–C–N with tert-alkyl or cyclic N) is 1. The molecule has 250 valence electrons. The van der Waals surface area contributed by atoms with Crippen molar-refractivity contribution >= 4 is 17.1 Å². The van der Waals surface area contributed by atoms with Crippen molar-refractivity contribution in [3.63, 3.8) is 0 Å². The zero-order valence-electron chi connectivity index (χ0n) is 26.7. The molecule has 2 aliphatic rings. The number of hydrogen-bond acceptors (Lipinski definition) is 10. The van der Waals surface area contributed by atoms with Gasteiger partial charge in [0.05, 0.1) is 18.8 Å². The smallest absolute Gasteiger partial charge is 0.387 e. The Morgan fingerprint density at radius 1 is 1.04 bits per heavy atom. The molecule has 0 unspecified atom stereocenters. The van der Waals surface area contributed by atoms with E-state index in [0.717, 1.165) is 70.8 Å². The maximum absolute atomic E-state index is 13.3. The standard InChI is InChI=1S/C36H36F2N4O6/c1-20-23(6-3-8-25(20)33-40-27-11-13-42(14-15-43)18-32(27)47-33)24-7-4-9-26(21(24)2)34-41-29-16-22(19-45-35(44)28-10-5-12-39-28)30(48-36(37)38)17-31(29)46-34/h3-4,6-9,16-17,28,36,39,43H,5,10-15,18-19H2,1-2H3/t28-/m0/s1. The highest BCUT2D eigenvalue weighted by atomic mass is 19.3. The van der Waals surface area contributed by atoms with E-state index in [1.54, 1.807) is 6.07 Å². The number of oxazole rings is 2. The quantitative estimate of drug-likeness (QED) is 0.168. The minimum absolute atomic E-state index is 0.101. The number of benzene rings is 3. The van der Waals surface area contributed by atoms with Gasteiger partial charge in [0, 0.05) is 42.3 Å². The van der Waals surface area contributed by atoms with Gasteiger partial charge in [-0.25, -0.2) is 9.97 Å². The Bertz CT molecular complexity index is 1970. The maximum Gasteiger partial charge on any atom is 0.387 e. The van der Waals surface area contributed by atoms with Crippen LogP contribution in [0, 0.1) is 13.8 Å². The van der Waals surface area contributed by atoms with Crippen LogP contribution in [0.3, 0.4) is 0 Å². The van der Waals surface area contributed by atoms with E-state index in [4.69, 9.17) is 28.3 Å². The van der Waals surface area contributed by atoms with Gasteiger partial charge in [-0.1, -0.05) is 24.3 Å². The summed E-state index contributed by atoms with van der Waals surface area (Å²) in [7, 11) is 0. The molecule has 2 aromatic heterocycles. The normalized spacial score (nSPS) is 16.5. The van der Waals surface area contributed by atoms with Crippen molar-refractivity contribution in [2.75, 3.05) is 26.2 Å². The fourth-order valence-electron chi connectivity index (χ4n) is 6.58. The fourth-order valence-corrected chi connectivity index (χ4v) is 6.58. The first-order valence-electron chi connectivity index (χ1n) is 16.1. The molecule has 4 heterocycles. The molecule has 7 rings (SSSR count). The monoisotopic (exact) mass is 658 g/mol. The van der Waals surface area contributed by atoms with Crippen molar-refractivity contribution in [3.05, 3.63) is 76.7 Å². The first kappa shape index (κ1) is 31.9. The number of hydrogen-bond donors (Lipinski definition) is 2. The van der Waals surface area contributed by atoms with Crippen LogP contribution in [-0.4, -0.2) is 64.8 Å². The van der Waals surface area contributed by atoms with E-state index < -0.39 is 18.6 Å². The van der Waals surface area contributed by atoms with Crippen LogP contribution in [0.2, 0.25) is 0 Å². The minimum Gasteiger partial charge on any atom is -0.460 e. The molecule has 2 N–H and O–H groups in total. The Hall–Kier alpha value is -4.65. The number of carbonyl (C=O) groups is 1. The molecule has 5 aromatic rings. The third-order valence-electron chi connectivity index (χ3n) is 9.15. The number of alkyl halides is 2. The highest BCUT2D eigenvalue weighted by Crippen LogP contribution is 2.39. The van der Waals surface area contributed by atoms with Crippen LogP contribution in [0.15, 0.2) is 57.4 Å². The van der Waals surface area contributed by atoms with E-state index in [9.17, 15) is 18.7 Å². The summed E-state index contributed by atoms with van der Waals surface area (Å²) in [6.07, 6.45) is 2.30. The van der Waals surface area contributed by atoms with Gasteiger partial charge in [0.1, 0.15) is 29.7 Å². The Morgan fingerprint density at radius 3 is 2.42 bits per heavy atom. The number of carbonyl (C=O) groups excluding carboxylic acids is 1. The van der Waals surface area contributed by atoms with Gasteiger partial charge < -0.3 is 28.7 Å². The van der Waals surface area contributed by atoms with Crippen molar-refractivity contribution in [2.24, 2.45) is 0 Å². The van der Waals surface area contributed by atoms with Crippen molar-refractivity contribution in [2.45, 2.75) is 58.9 Å². The molecule has 1 atom stereocenters. The second-order valence-electron chi connectivity index (χ2n) is 12.2. The van der Waals surface area contributed by atoms with Gasteiger partial charge in [0.15, 0.2) is 5.58 Å². The van der Waals surface area contributed by atoms with Gasteiger partial charge in [0.25, 0.3) is 0 Å². The number of fused-ring (bicyclic) bond motifs is 2. The Balaban J connectivity index is 1.19. The highest BCUT2D eigenvalue weighted by molar-refractivity contribution is 5.84. The number of aliphatic hydroxyl groups is 1. The summed E-state index contributed by atoms with van der Waals surface area (Å²) in [5.74, 6) is 1.15. The van der Waals surface area contributed by atoms with E-state index in [1.165, 1.54) is 6.07 Å². The van der Waals surface area contributed by atoms with E-state index in [0.29, 0.717) is 36.8 Å². The molecule has 2 aliphatic heterocycles. The molecule has 1 fully saturated rings. The number of halogens is 2. The average molecular weight is 659 g/mol.